The number of hydrogen-bond donors (Lipinski definition) is 3. The van der Waals surface area contributed by atoms with Crippen LogP contribution in [-0.2, 0) is 4.79 Å². The van der Waals surface area contributed by atoms with Crippen molar-refractivity contribution in [2.24, 2.45) is 0 Å². The maximum Gasteiger partial charge on any atom is 0.305 e. The van der Waals surface area contributed by atoms with Gasteiger partial charge in [0, 0.05) is 0 Å². The topological polar surface area (TPSA) is 37.3 Å². The largest absolute Gasteiger partial charge is 0.481 e. The van der Waals surface area contributed by atoms with Gasteiger partial charge in [-0.1, -0.05) is 13.3 Å². The third-order valence-corrected chi connectivity index (χ3v) is 1.85. The van der Waals surface area contributed by atoms with E-state index in [1.54, 1.807) is 0 Å². The molecule has 0 bridgehead atoms. The zero-order valence-corrected chi connectivity index (χ0v) is 7.66. The molecule has 60 valence electrons. The van der Waals surface area contributed by atoms with Crippen LogP contribution in [0.1, 0.15) is 26.2 Å². The summed E-state index contributed by atoms with van der Waals surface area (Å²) in [6, 6.07) is 0. The van der Waals surface area contributed by atoms with Crippen molar-refractivity contribution >= 4 is 31.2 Å². The first-order valence-corrected chi connectivity index (χ1v) is 4.04. The lowest BCUT2D eigenvalue weighted by Crippen LogP contribution is -2.17. The molecule has 0 aromatic rings. The van der Waals surface area contributed by atoms with Gasteiger partial charge in [0.05, 0.1) is 10.5 Å². The summed E-state index contributed by atoms with van der Waals surface area (Å²) < 4.78 is -0.638. The van der Waals surface area contributed by atoms with Crippen LogP contribution in [-0.4, -0.2) is 15.2 Å². The van der Waals surface area contributed by atoms with Crippen molar-refractivity contribution in [3.05, 3.63) is 0 Å². The molecule has 0 aromatic heterocycles. The second kappa shape index (κ2) is 4.13. The van der Waals surface area contributed by atoms with Gasteiger partial charge in [0.1, 0.15) is 0 Å². The van der Waals surface area contributed by atoms with E-state index in [2.05, 4.69) is 25.3 Å². The van der Waals surface area contributed by atoms with E-state index < -0.39 is 10.0 Å². The van der Waals surface area contributed by atoms with Crippen LogP contribution in [0.5, 0.6) is 0 Å². The maximum atomic E-state index is 10.2. The third-order valence-electron chi connectivity index (χ3n) is 1.08. The van der Waals surface area contributed by atoms with Gasteiger partial charge in [-0.25, -0.2) is 0 Å². The lowest BCUT2D eigenvalue weighted by Gasteiger charge is -2.18. The molecule has 0 atom stereocenters. The monoisotopic (exact) mass is 180 g/mol. The van der Waals surface area contributed by atoms with Crippen LogP contribution in [0, 0.1) is 0 Å². The van der Waals surface area contributed by atoms with E-state index in [0.29, 0.717) is 6.42 Å². The molecule has 0 aliphatic rings. The maximum absolute atomic E-state index is 10.2. The molecule has 2 nitrogen and oxygen atoms in total. The van der Waals surface area contributed by atoms with Crippen LogP contribution in [0.4, 0.5) is 0 Å². The second-order valence-corrected chi connectivity index (χ2v) is 4.37. The molecule has 0 amide bonds. The Hall–Kier alpha value is 0.170. The fourth-order valence-corrected chi connectivity index (χ4v) is 1.45. The van der Waals surface area contributed by atoms with E-state index in [-0.39, 0.29) is 6.42 Å². The Balaban J connectivity index is 3.74. The molecule has 0 heterocycles. The molecule has 0 unspecified atom stereocenters. The van der Waals surface area contributed by atoms with Gasteiger partial charge in [-0.2, -0.15) is 25.3 Å². The average molecular weight is 180 g/mol. The zero-order valence-electron chi connectivity index (χ0n) is 5.87. The minimum Gasteiger partial charge on any atom is -0.481 e. The molecule has 1 N–H and O–H groups in total. The normalized spacial score (nSPS) is 11.5. The van der Waals surface area contributed by atoms with E-state index in [4.69, 9.17) is 5.11 Å². The highest BCUT2D eigenvalue weighted by molar-refractivity contribution is 8.00. The number of carbonyl (C=O) groups is 1. The quantitative estimate of drug-likeness (QED) is 0.456. The van der Waals surface area contributed by atoms with Crippen molar-refractivity contribution in [2.45, 2.75) is 30.3 Å². The summed E-state index contributed by atoms with van der Waals surface area (Å²) in [5.41, 5.74) is 0. The Labute approximate surface area is 71.8 Å². The summed E-state index contributed by atoms with van der Waals surface area (Å²) in [5, 5.41) is 8.38. The van der Waals surface area contributed by atoms with Gasteiger partial charge < -0.3 is 5.11 Å². The molecular formula is C6H12O2S2. The molecule has 0 saturated heterocycles. The number of carboxylic acids is 1. The predicted molar refractivity (Wildman–Crippen MR) is 47.9 cm³/mol. The number of aliphatic carboxylic acids is 1. The molecule has 0 spiro atoms. The van der Waals surface area contributed by atoms with Crippen molar-refractivity contribution in [2.75, 3.05) is 0 Å². The molecule has 0 saturated carbocycles. The highest BCUT2D eigenvalue weighted by Gasteiger charge is 2.22. The summed E-state index contributed by atoms with van der Waals surface area (Å²) >= 11 is 8.18. The Kier molecular flexibility index (Phi) is 4.20. The van der Waals surface area contributed by atoms with Gasteiger partial charge in [0.2, 0.25) is 0 Å². The zero-order chi connectivity index (χ0) is 8.20. The Morgan fingerprint density at radius 3 is 2.40 bits per heavy atom. The molecule has 0 rings (SSSR count). The van der Waals surface area contributed by atoms with Crippen LogP contribution in [0.3, 0.4) is 0 Å². The molecule has 0 aliphatic carbocycles. The Morgan fingerprint density at radius 2 is 2.10 bits per heavy atom. The van der Waals surface area contributed by atoms with Crippen LogP contribution < -0.4 is 0 Å². The molecule has 10 heavy (non-hydrogen) atoms. The first-order chi connectivity index (χ1) is 4.48. The van der Waals surface area contributed by atoms with Gasteiger partial charge in [-0.05, 0) is 6.42 Å². The second-order valence-electron chi connectivity index (χ2n) is 2.30. The third kappa shape index (κ3) is 4.99. The van der Waals surface area contributed by atoms with Crippen molar-refractivity contribution in [3.63, 3.8) is 0 Å². The van der Waals surface area contributed by atoms with Crippen LogP contribution in [0.25, 0.3) is 0 Å². The lowest BCUT2D eigenvalue weighted by molar-refractivity contribution is -0.137. The summed E-state index contributed by atoms with van der Waals surface area (Å²) in [7, 11) is 0. The van der Waals surface area contributed by atoms with E-state index in [0.717, 1.165) is 6.42 Å². The highest BCUT2D eigenvalue weighted by Crippen LogP contribution is 2.29. The molecule has 0 aromatic carbocycles. The SMILES string of the molecule is CCCC(S)(S)CC(=O)O. The summed E-state index contributed by atoms with van der Waals surface area (Å²) in [4.78, 5) is 10.2. The van der Waals surface area contributed by atoms with Crippen molar-refractivity contribution < 1.29 is 9.90 Å². The van der Waals surface area contributed by atoms with E-state index >= 15 is 0 Å². The van der Waals surface area contributed by atoms with Crippen molar-refractivity contribution in [1.29, 1.82) is 0 Å². The Morgan fingerprint density at radius 1 is 1.60 bits per heavy atom. The van der Waals surface area contributed by atoms with Gasteiger partial charge in [-0.3, -0.25) is 4.79 Å². The smallest absolute Gasteiger partial charge is 0.305 e. The average Bonchev–Trinajstić information content (AvgIpc) is 1.59. The van der Waals surface area contributed by atoms with E-state index in [1.807, 2.05) is 6.92 Å². The minimum absolute atomic E-state index is 0.00701. The predicted octanol–water partition coefficient (Wildman–Crippen LogP) is 1.82. The number of carboxylic acid groups (broad SMARTS) is 1. The van der Waals surface area contributed by atoms with Gasteiger partial charge in [0.25, 0.3) is 0 Å². The molecule has 0 aliphatic heterocycles. The molecule has 4 heteroatoms. The van der Waals surface area contributed by atoms with E-state index in [9.17, 15) is 4.79 Å². The number of thiol groups is 2. The van der Waals surface area contributed by atoms with Crippen molar-refractivity contribution in [1.82, 2.24) is 0 Å². The Bertz CT molecular complexity index is 123. The fraction of sp³-hybridized carbons (Fsp3) is 0.833. The van der Waals surface area contributed by atoms with Gasteiger partial charge >= 0.3 is 5.97 Å². The van der Waals surface area contributed by atoms with Crippen LogP contribution >= 0.6 is 25.3 Å². The summed E-state index contributed by atoms with van der Waals surface area (Å²) in [5.74, 6) is -0.849. The molecule has 0 fully saturated rings. The van der Waals surface area contributed by atoms with Gasteiger partial charge in [-0.15, -0.1) is 0 Å². The van der Waals surface area contributed by atoms with E-state index in [1.165, 1.54) is 0 Å². The van der Waals surface area contributed by atoms with Crippen LogP contribution in [0.15, 0.2) is 0 Å². The summed E-state index contributed by atoms with van der Waals surface area (Å²) in [6.07, 6.45) is 1.62. The number of rotatable bonds is 4. The van der Waals surface area contributed by atoms with Crippen LogP contribution in [0.2, 0.25) is 0 Å². The highest BCUT2D eigenvalue weighted by atomic mass is 32.2. The molecular weight excluding hydrogens is 168 g/mol. The first-order valence-electron chi connectivity index (χ1n) is 3.14. The number of hydrogen-bond acceptors (Lipinski definition) is 3. The standard InChI is InChI=1S/C6H12O2S2/c1-2-3-6(9,10)4-5(7)8/h9-10H,2-4H2,1H3,(H,7,8). The lowest BCUT2D eigenvalue weighted by atomic mass is 10.2. The summed E-state index contributed by atoms with van der Waals surface area (Å²) in [6.45, 7) is 1.98. The van der Waals surface area contributed by atoms with Gasteiger partial charge in [0.15, 0.2) is 0 Å². The fourth-order valence-electron chi connectivity index (χ4n) is 0.731. The van der Waals surface area contributed by atoms with Crippen molar-refractivity contribution in [3.8, 4) is 0 Å². The minimum atomic E-state index is -0.849. The first kappa shape index (κ1) is 10.2. The molecule has 0 radical (unpaired) electrons.